The van der Waals surface area contributed by atoms with Crippen molar-refractivity contribution < 1.29 is 17.6 Å². The fraction of sp³-hybridized carbons (Fsp3) is 0.0714. The maximum absolute atomic E-state index is 13.1. The Kier molecular flexibility index (Phi) is 3.29. The maximum atomic E-state index is 13.1. The number of hydrogen-bond acceptors (Lipinski definition) is 3. The van der Waals surface area contributed by atoms with Gasteiger partial charge in [0.25, 0.3) is 0 Å². The topological polar surface area (TPSA) is 24.9 Å². The average Bonchev–Trinajstić information content (AvgIpc) is 2.79. The molecule has 2 nitrogen and oxygen atoms in total. The van der Waals surface area contributed by atoms with Gasteiger partial charge >= 0.3 is 6.18 Å². The molecule has 0 radical (unpaired) electrons. The van der Waals surface area contributed by atoms with Crippen molar-refractivity contribution in [2.75, 3.05) is 5.32 Å². The second kappa shape index (κ2) is 5.00. The molecule has 108 valence electrons. The van der Waals surface area contributed by atoms with Crippen LogP contribution in [0.15, 0.2) is 42.5 Å². The molecule has 1 N–H and O–H groups in total. The van der Waals surface area contributed by atoms with Gasteiger partial charge in [0, 0.05) is 6.07 Å². The summed E-state index contributed by atoms with van der Waals surface area (Å²) in [6, 6.07) is 9.22. The normalized spacial score (nSPS) is 11.8. The SMILES string of the molecule is Fc1ccc2sc(Nc3ccccc3C(F)(F)F)nc2c1. The van der Waals surface area contributed by atoms with E-state index < -0.39 is 17.6 Å². The first-order chi connectivity index (χ1) is 9.93. The Morgan fingerprint density at radius 2 is 1.81 bits per heavy atom. The highest BCUT2D eigenvalue weighted by atomic mass is 32.1. The minimum Gasteiger partial charge on any atom is -0.331 e. The van der Waals surface area contributed by atoms with Gasteiger partial charge in [-0.1, -0.05) is 23.5 Å². The molecule has 3 rings (SSSR count). The van der Waals surface area contributed by atoms with Crippen molar-refractivity contribution in [2.45, 2.75) is 6.18 Å². The van der Waals surface area contributed by atoms with Gasteiger partial charge in [-0.05, 0) is 24.3 Å². The van der Waals surface area contributed by atoms with Gasteiger partial charge in [0.2, 0.25) is 0 Å². The number of alkyl halides is 3. The van der Waals surface area contributed by atoms with Crippen molar-refractivity contribution in [1.82, 2.24) is 4.98 Å². The van der Waals surface area contributed by atoms with E-state index in [1.807, 2.05) is 0 Å². The van der Waals surface area contributed by atoms with E-state index in [2.05, 4.69) is 10.3 Å². The summed E-state index contributed by atoms with van der Waals surface area (Å²) in [5.41, 5.74) is -0.438. The van der Waals surface area contributed by atoms with Gasteiger partial charge in [-0.25, -0.2) is 9.37 Å². The molecule has 0 bridgehead atoms. The molecule has 1 aromatic heterocycles. The summed E-state index contributed by atoms with van der Waals surface area (Å²) in [4.78, 5) is 4.09. The largest absolute Gasteiger partial charge is 0.418 e. The van der Waals surface area contributed by atoms with Crippen molar-refractivity contribution in [3.05, 3.63) is 53.8 Å². The van der Waals surface area contributed by atoms with Crippen LogP contribution in [0.4, 0.5) is 28.4 Å². The molecule has 0 aliphatic rings. The first-order valence-corrected chi connectivity index (χ1v) is 6.74. The van der Waals surface area contributed by atoms with Gasteiger partial charge in [0.05, 0.1) is 21.5 Å². The number of halogens is 4. The highest BCUT2D eigenvalue weighted by molar-refractivity contribution is 7.22. The number of nitrogens with zero attached hydrogens (tertiary/aromatic N) is 1. The number of benzene rings is 2. The van der Waals surface area contributed by atoms with Crippen LogP contribution in [0.3, 0.4) is 0 Å². The summed E-state index contributed by atoms with van der Waals surface area (Å²) >= 11 is 1.16. The van der Waals surface area contributed by atoms with Crippen molar-refractivity contribution in [3.8, 4) is 0 Å². The smallest absolute Gasteiger partial charge is 0.331 e. The molecular weight excluding hydrogens is 304 g/mol. The number of fused-ring (bicyclic) bond motifs is 1. The van der Waals surface area contributed by atoms with E-state index in [0.717, 1.165) is 17.4 Å². The van der Waals surface area contributed by atoms with Crippen LogP contribution in [-0.4, -0.2) is 4.98 Å². The molecule has 0 atom stereocenters. The number of anilines is 2. The van der Waals surface area contributed by atoms with Crippen LogP contribution >= 0.6 is 11.3 Å². The molecule has 0 unspecified atom stereocenters. The second-order valence-electron chi connectivity index (χ2n) is 4.30. The molecular formula is C14H8F4N2S. The van der Waals surface area contributed by atoms with E-state index in [0.29, 0.717) is 10.2 Å². The number of thiazole rings is 1. The van der Waals surface area contributed by atoms with Crippen LogP contribution in [0.25, 0.3) is 10.2 Å². The zero-order valence-electron chi connectivity index (χ0n) is 10.4. The molecule has 7 heteroatoms. The lowest BCUT2D eigenvalue weighted by Gasteiger charge is -2.12. The molecule has 0 saturated heterocycles. The predicted molar refractivity (Wildman–Crippen MR) is 74.3 cm³/mol. The summed E-state index contributed by atoms with van der Waals surface area (Å²) in [5, 5.41) is 2.94. The molecule has 21 heavy (non-hydrogen) atoms. The Morgan fingerprint density at radius 3 is 2.57 bits per heavy atom. The van der Waals surface area contributed by atoms with Crippen molar-refractivity contribution in [1.29, 1.82) is 0 Å². The van der Waals surface area contributed by atoms with E-state index in [-0.39, 0.29) is 10.8 Å². The van der Waals surface area contributed by atoms with E-state index in [1.54, 1.807) is 6.07 Å². The van der Waals surface area contributed by atoms with E-state index >= 15 is 0 Å². The summed E-state index contributed by atoms with van der Waals surface area (Å²) in [6.07, 6.45) is -4.45. The van der Waals surface area contributed by atoms with Crippen LogP contribution in [0, 0.1) is 5.82 Å². The Labute approximate surface area is 121 Å². The monoisotopic (exact) mass is 312 g/mol. The standard InChI is InChI=1S/C14H8F4N2S/c15-8-5-6-12-11(7-8)20-13(21-12)19-10-4-2-1-3-9(10)14(16,17)18/h1-7H,(H,19,20). The first-order valence-electron chi connectivity index (χ1n) is 5.93. The van der Waals surface area contributed by atoms with Crippen LogP contribution in [0.2, 0.25) is 0 Å². The molecule has 0 fully saturated rings. The van der Waals surface area contributed by atoms with E-state index in [9.17, 15) is 17.6 Å². The van der Waals surface area contributed by atoms with Gasteiger partial charge < -0.3 is 5.32 Å². The van der Waals surface area contributed by atoms with Crippen molar-refractivity contribution >= 4 is 32.4 Å². The third-order valence-corrected chi connectivity index (χ3v) is 3.78. The van der Waals surface area contributed by atoms with Crippen molar-refractivity contribution in [2.24, 2.45) is 0 Å². The number of para-hydroxylation sites is 1. The summed E-state index contributed by atoms with van der Waals surface area (Å²) in [6.45, 7) is 0. The molecule has 3 aromatic rings. The van der Waals surface area contributed by atoms with Gasteiger partial charge in [-0.3, -0.25) is 0 Å². The highest BCUT2D eigenvalue weighted by Gasteiger charge is 2.33. The summed E-state index contributed by atoms with van der Waals surface area (Å²) in [5.74, 6) is -0.435. The quantitative estimate of drug-likeness (QED) is 0.658. The predicted octanol–water partition coefficient (Wildman–Crippen LogP) is 5.20. The summed E-state index contributed by atoms with van der Waals surface area (Å²) < 4.78 is 52.5. The fourth-order valence-electron chi connectivity index (χ4n) is 1.91. The number of nitrogens with one attached hydrogen (secondary N) is 1. The zero-order valence-corrected chi connectivity index (χ0v) is 11.2. The minimum absolute atomic E-state index is 0.0791. The lowest BCUT2D eigenvalue weighted by Crippen LogP contribution is -2.08. The minimum atomic E-state index is -4.45. The average molecular weight is 312 g/mol. The Balaban J connectivity index is 1.99. The Morgan fingerprint density at radius 1 is 1.05 bits per heavy atom. The lowest BCUT2D eigenvalue weighted by atomic mass is 10.2. The number of aromatic nitrogens is 1. The molecule has 0 aliphatic heterocycles. The Bertz CT molecular complexity index is 795. The molecule has 0 spiro atoms. The zero-order chi connectivity index (χ0) is 15.0. The van der Waals surface area contributed by atoms with E-state index in [1.165, 1.54) is 30.3 Å². The molecule has 0 aliphatic carbocycles. The lowest BCUT2D eigenvalue weighted by molar-refractivity contribution is -0.136. The molecule has 1 heterocycles. The molecule has 0 saturated carbocycles. The van der Waals surface area contributed by atoms with Crippen LogP contribution in [0.5, 0.6) is 0 Å². The highest BCUT2D eigenvalue weighted by Crippen LogP contribution is 2.37. The van der Waals surface area contributed by atoms with Crippen LogP contribution in [-0.2, 0) is 6.18 Å². The number of rotatable bonds is 2. The van der Waals surface area contributed by atoms with Gasteiger partial charge in [0.15, 0.2) is 5.13 Å². The van der Waals surface area contributed by atoms with Gasteiger partial charge in [-0.15, -0.1) is 0 Å². The van der Waals surface area contributed by atoms with Crippen molar-refractivity contribution in [3.63, 3.8) is 0 Å². The third kappa shape index (κ3) is 2.82. The maximum Gasteiger partial charge on any atom is 0.418 e. The van der Waals surface area contributed by atoms with Crippen LogP contribution in [0.1, 0.15) is 5.56 Å². The van der Waals surface area contributed by atoms with Gasteiger partial charge in [0.1, 0.15) is 5.82 Å². The molecule has 2 aromatic carbocycles. The summed E-state index contributed by atoms with van der Waals surface area (Å²) in [7, 11) is 0. The molecule has 0 amide bonds. The van der Waals surface area contributed by atoms with Gasteiger partial charge in [-0.2, -0.15) is 13.2 Å². The number of hydrogen-bond donors (Lipinski definition) is 1. The second-order valence-corrected chi connectivity index (χ2v) is 5.33. The fourth-order valence-corrected chi connectivity index (χ4v) is 2.77. The van der Waals surface area contributed by atoms with Crippen LogP contribution < -0.4 is 5.32 Å². The van der Waals surface area contributed by atoms with E-state index in [4.69, 9.17) is 0 Å². The Hall–Kier alpha value is -2.15. The first kappa shape index (κ1) is 13.8. The third-order valence-electron chi connectivity index (χ3n) is 2.82.